The Labute approximate surface area is 171 Å². The van der Waals surface area contributed by atoms with Gasteiger partial charge in [0, 0.05) is 0 Å². The summed E-state index contributed by atoms with van der Waals surface area (Å²) in [5.41, 5.74) is -0.0390. The van der Waals surface area contributed by atoms with Gasteiger partial charge in [0.15, 0.2) is 5.43 Å². The second-order valence-corrected chi connectivity index (χ2v) is 7.62. The molecule has 0 radical (unpaired) electrons. The first kappa shape index (κ1) is 24.5. The number of aliphatic hydroxyl groups excluding tert-OH is 1. The zero-order valence-electron chi connectivity index (χ0n) is 17.8. The van der Waals surface area contributed by atoms with Crippen molar-refractivity contribution in [3.8, 4) is 5.95 Å². The Bertz CT molecular complexity index is 562. The summed E-state index contributed by atoms with van der Waals surface area (Å²) < 4.78 is 10.4. The minimum atomic E-state index is -0.322. The van der Waals surface area contributed by atoms with E-state index in [2.05, 4.69) is 6.92 Å². The molecule has 0 aromatic carbocycles. The van der Waals surface area contributed by atoms with Crippen molar-refractivity contribution >= 4 is 0 Å². The van der Waals surface area contributed by atoms with Gasteiger partial charge < -0.3 is 14.3 Å². The lowest BCUT2D eigenvalue weighted by Gasteiger charge is -2.03. The summed E-state index contributed by atoms with van der Waals surface area (Å²) in [6, 6.07) is 1.25. The third-order valence-electron chi connectivity index (χ3n) is 5.06. The molecule has 0 bridgehead atoms. The van der Waals surface area contributed by atoms with Crippen LogP contribution >= 0.6 is 0 Å². The second-order valence-electron chi connectivity index (χ2n) is 7.62. The SMILES string of the molecule is CCCCCCCCCCCCCCCCC=COc1cc(=O)c(CO)co1. The van der Waals surface area contributed by atoms with Crippen LogP contribution < -0.4 is 10.2 Å². The summed E-state index contributed by atoms with van der Waals surface area (Å²) in [4.78, 5) is 11.5. The zero-order chi connectivity index (χ0) is 20.3. The number of hydrogen-bond acceptors (Lipinski definition) is 4. The fourth-order valence-electron chi connectivity index (χ4n) is 3.24. The monoisotopic (exact) mass is 392 g/mol. The Hall–Kier alpha value is -1.55. The molecule has 1 N–H and O–H groups in total. The van der Waals surface area contributed by atoms with Gasteiger partial charge in [-0.1, -0.05) is 90.4 Å². The molecule has 160 valence electrons. The number of rotatable bonds is 18. The molecule has 1 aromatic rings. The molecule has 1 heterocycles. The molecule has 0 aliphatic heterocycles. The second kappa shape index (κ2) is 17.5. The van der Waals surface area contributed by atoms with Crippen LogP contribution in [0.4, 0.5) is 0 Å². The summed E-state index contributed by atoms with van der Waals surface area (Å²) in [5.74, 6) is 0.152. The maximum atomic E-state index is 11.5. The predicted molar refractivity (Wildman–Crippen MR) is 116 cm³/mol. The van der Waals surface area contributed by atoms with Gasteiger partial charge in [0.2, 0.25) is 0 Å². The Morgan fingerprint density at radius 1 is 0.893 bits per heavy atom. The standard InChI is InChI=1S/C24H40O4/c1-2-3-4-5-6-7-8-9-10-11-12-13-14-15-16-17-18-27-24-19-23(26)22(20-25)21-28-24/h17-19,21,25H,2-16,20H2,1H3. The summed E-state index contributed by atoms with van der Waals surface area (Å²) in [7, 11) is 0. The fraction of sp³-hybridized carbons (Fsp3) is 0.708. The van der Waals surface area contributed by atoms with E-state index in [1.54, 1.807) is 6.26 Å². The molecule has 0 atom stereocenters. The highest BCUT2D eigenvalue weighted by atomic mass is 16.6. The number of aliphatic hydroxyl groups is 1. The van der Waals surface area contributed by atoms with Gasteiger partial charge in [0.25, 0.3) is 5.95 Å². The quantitative estimate of drug-likeness (QED) is 0.218. The molecule has 0 fully saturated rings. The van der Waals surface area contributed by atoms with Crippen molar-refractivity contribution in [1.82, 2.24) is 0 Å². The van der Waals surface area contributed by atoms with Crippen molar-refractivity contribution in [3.05, 3.63) is 40.5 Å². The van der Waals surface area contributed by atoms with E-state index < -0.39 is 0 Å². The van der Waals surface area contributed by atoms with Gasteiger partial charge in [0.05, 0.1) is 24.5 Å². The summed E-state index contributed by atoms with van der Waals surface area (Å²) >= 11 is 0. The Kier molecular flexibility index (Phi) is 15.3. The highest BCUT2D eigenvalue weighted by molar-refractivity contribution is 5.14. The molecule has 0 spiro atoms. The maximum absolute atomic E-state index is 11.5. The topological polar surface area (TPSA) is 59.7 Å². The lowest BCUT2D eigenvalue weighted by molar-refractivity contribution is 0.270. The third kappa shape index (κ3) is 12.8. The summed E-state index contributed by atoms with van der Waals surface area (Å²) in [6.07, 6.45) is 24.8. The van der Waals surface area contributed by atoms with Crippen molar-refractivity contribution in [2.45, 2.75) is 110 Å². The normalized spacial score (nSPS) is 11.4. The smallest absolute Gasteiger partial charge is 0.293 e. The van der Waals surface area contributed by atoms with E-state index in [1.165, 1.54) is 95.8 Å². The molecule has 0 saturated carbocycles. The van der Waals surface area contributed by atoms with Crippen LogP contribution in [0.3, 0.4) is 0 Å². The van der Waals surface area contributed by atoms with Crippen molar-refractivity contribution < 1.29 is 14.3 Å². The molecule has 28 heavy (non-hydrogen) atoms. The molecule has 4 nitrogen and oxygen atoms in total. The first-order valence-corrected chi connectivity index (χ1v) is 11.3. The third-order valence-corrected chi connectivity index (χ3v) is 5.06. The van der Waals surface area contributed by atoms with Gasteiger partial charge in [-0.15, -0.1) is 0 Å². The van der Waals surface area contributed by atoms with Crippen LogP contribution in [0.25, 0.3) is 0 Å². The van der Waals surface area contributed by atoms with Gasteiger partial charge in [-0.05, 0) is 18.9 Å². The number of ether oxygens (including phenoxy) is 1. The minimum absolute atomic E-state index is 0.152. The molecule has 0 aliphatic rings. The van der Waals surface area contributed by atoms with Gasteiger partial charge in [-0.3, -0.25) is 4.79 Å². The van der Waals surface area contributed by atoms with Crippen molar-refractivity contribution in [1.29, 1.82) is 0 Å². The van der Waals surface area contributed by atoms with Crippen LogP contribution in [0.5, 0.6) is 5.95 Å². The number of unbranched alkanes of at least 4 members (excludes halogenated alkanes) is 14. The van der Waals surface area contributed by atoms with Crippen LogP contribution in [0, 0.1) is 0 Å². The molecular weight excluding hydrogens is 352 g/mol. The van der Waals surface area contributed by atoms with E-state index in [9.17, 15) is 4.79 Å². The maximum Gasteiger partial charge on any atom is 0.293 e. The van der Waals surface area contributed by atoms with Crippen molar-refractivity contribution in [3.63, 3.8) is 0 Å². The number of hydrogen-bond donors (Lipinski definition) is 1. The van der Waals surface area contributed by atoms with Crippen molar-refractivity contribution in [2.75, 3.05) is 0 Å². The molecule has 0 aliphatic carbocycles. The first-order chi connectivity index (χ1) is 13.8. The van der Waals surface area contributed by atoms with E-state index in [4.69, 9.17) is 14.3 Å². The van der Waals surface area contributed by atoms with Crippen LogP contribution in [0.2, 0.25) is 0 Å². The van der Waals surface area contributed by atoms with Crippen LogP contribution in [0.15, 0.2) is 33.9 Å². The van der Waals surface area contributed by atoms with Crippen LogP contribution in [-0.2, 0) is 6.61 Å². The highest BCUT2D eigenvalue weighted by Crippen LogP contribution is 2.13. The van der Waals surface area contributed by atoms with E-state index in [0.29, 0.717) is 0 Å². The first-order valence-electron chi connectivity index (χ1n) is 11.3. The molecule has 1 rings (SSSR count). The lowest BCUT2D eigenvalue weighted by Crippen LogP contribution is -2.06. The van der Waals surface area contributed by atoms with E-state index >= 15 is 0 Å². The molecular formula is C24H40O4. The average Bonchev–Trinajstić information content (AvgIpc) is 2.70. The van der Waals surface area contributed by atoms with Crippen molar-refractivity contribution in [2.24, 2.45) is 0 Å². The Morgan fingerprint density at radius 3 is 1.93 bits per heavy atom. The fourth-order valence-corrected chi connectivity index (χ4v) is 3.24. The largest absolute Gasteiger partial charge is 0.434 e. The molecule has 0 saturated heterocycles. The highest BCUT2D eigenvalue weighted by Gasteiger charge is 2.01. The van der Waals surface area contributed by atoms with Gasteiger partial charge >= 0.3 is 0 Å². The zero-order valence-corrected chi connectivity index (χ0v) is 17.8. The average molecular weight is 393 g/mol. The van der Waals surface area contributed by atoms with Crippen LogP contribution in [0.1, 0.15) is 109 Å². The summed E-state index contributed by atoms with van der Waals surface area (Å²) in [6.45, 7) is 1.95. The van der Waals surface area contributed by atoms with E-state index in [-0.39, 0.29) is 23.5 Å². The van der Waals surface area contributed by atoms with E-state index in [1.807, 2.05) is 6.08 Å². The summed E-state index contributed by atoms with van der Waals surface area (Å²) in [5, 5.41) is 8.93. The lowest BCUT2D eigenvalue weighted by atomic mass is 10.0. The predicted octanol–water partition coefficient (Wildman–Crippen LogP) is 6.90. The Morgan fingerprint density at radius 2 is 1.43 bits per heavy atom. The molecule has 1 aromatic heterocycles. The molecule has 0 amide bonds. The minimum Gasteiger partial charge on any atom is -0.434 e. The molecule has 4 heteroatoms. The molecule has 0 unspecified atom stereocenters. The Balaban J connectivity index is 1.87. The van der Waals surface area contributed by atoms with Crippen LogP contribution in [-0.4, -0.2) is 5.11 Å². The van der Waals surface area contributed by atoms with Gasteiger partial charge in [-0.2, -0.15) is 0 Å². The van der Waals surface area contributed by atoms with Gasteiger partial charge in [0.1, 0.15) is 6.26 Å². The van der Waals surface area contributed by atoms with Gasteiger partial charge in [-0.25, -0.2) is 0 Å². The number of allylic oxidation sites excluding steroid dienone is 1. The van der Waals surface area contributed by atoms with E-state index in [0.717, 1.165) is 12.8 Å².